The van der Waals surface area contributed by atoms with Crippen LogP contribution in [-0.2, 0) is 13.0 Å². The maximum absolute atomic E-state index is 5.92. The minimum atomic E-state index is -0.00207. The quantitative estimate of drug-likeness (QED) is 0.924. The average molecular weight is 273 g/mol. The van der Waals surface area contributed by atoms with Crippen LogP contribution >= 0.6 is 0 Å². The second-order valence-electron chi connectivity index (χ2n) is 5.03. The van der Waals surface area contributed by atoms with Crippen LogP contribution in [0.15, 0.2) is 30.7 Å². The van der Waals surface area contributed by atoms with Crippen molar-refractivity contribution in [1.82, 2.24) is 9.55 Å². The second kappa shape index (κ2) is 5.54. The highest BCUT2D eigenvalue weighted by Crippen LogP contribution is 2.31. The third-order valence-corrected chi connectivity index (χ3v) is 3.46. The third kappa shape index (κ3) is 2.63. The van der Waals surface area contributed by atoms with E-state index in [0.29, 0.717) is 13.2 Å². The van der Waals surface area contributed by atoms with Crippen LogP contribution in [0.4, 0.5) is 0 Å². The Balaban J connectivity index is 1.70. The molecule has 1 aromatic carbocycles. The molecule has 20 heavy (non-hydrogen) atoms. The Morgan fingerprint density at radius 3 is 2.90 bits per heavy atom. The minimum Gasteiger partial charge on any atom is -0.486 e. The van der Waals surface area contributed by atoms with Gasteiger partial charge in [-0.25, -0.2) is 4.98 Å². The zero-order valence-electron chi connectivity index (χ0n) is 11.6. The summed E-state index contributed by atoms with van der Waals surface area (Å²) in [7, 11) is 0. The van der Waals surface area contributed by atoms with Crippen molar-refractivity contribution in [3.8, 4) is 11.5 Å². The van der Waals surface area contributed by atoms with E-state index in [4.69, 9.17) is 15.2 Å². The van der Waals surface area contributed by atoms with Crippen molar-refractivity contribution in [2.45, 2.75) is 25.9 Å². The Labute approximate surface area is 118 Å². The van der Waals surface area contributed by atoms with Crippen molar-refractivity contribution >= 4 is 0 Å². The fourth-order valence-corrected chi connectivity index (χ4v) is 2.39. The molecule has 1 atom stereocenters. The predicted octanol–water partition coefficient (Wildman–Crippen LogP) is 1.92. The molecule has 1 unspecified atom stereocenters. The van der Waals surface area contributed by atoms with Crippen LogP contribution in [0.1, 0.15) is 24.2 Å². The maximum atomic E-state index is 5.92. The van der Waals surface area contributed by atoms with Gasteiger partial charge in [-0.1, -0.05) is 6.07 Å². The van der Waals surface area contributed by atoms with Crippen molar-refractivity contribution in [3.63, 3.8) is 0 Å². The molecule has 0 saturated heterocycles. The SMILES string of the molecule is CC(N)c1cncn1CCc1ccc2c(c1)OCCO2. The molecular formula is C15H19N3O2. The van der Waals surface area contributed by atoms with Crippen LogP contribution in [0.25, 0.3) is 0 Å². The van der Waals surface area contributed by atoms with Gasteiger partial charge < -0.3 is 19.8 Å². The van der Waals surface area contributed by atoms with E-state index in [1.54, 1.807) is 0 Å². The topological polar surface area (TPSA) is 62.3 Å². The van der Waals surface area contributed by atoms with Gasteiger partial charge in [0.25, 0.3) is 0 Å². The number of fused-ring (bicyclic) bond motifs is 1. The highest BCUT2D eigenvalue weighted by Gasteiger charge is 2.12. The summed E-state index contributed by atoms with van der Waals surface area (Å²) in [5.41, 5.74) is 8.20. The predicted molar refractivity (Wildman–Crippen MR) is 76.0 cm³/mol. The molecule has 1 aromatic heterocycles. The largest absolute Gasteiger partial charge is 0.486 e. The van der Waals surface area contributed by atoms with Gasteiger partial charge in [0.1, 0.15) is 13.2 Å². The summed E-state index contributed by atoms with van der Waals surface area (Å²) in [6.45, 7) is 4.07. The average Bonchev–Trinajstić information content (AvgIpc) is 2.93. The molecule has 1 aliphatic rings. The van der Waals surface area contributed by atoms with E-state index in [0.717, 1.165) is 30.2 Å². The summed E-state index contributed by atoms with van der Waals surface area (Å²) in [5, 5.41) is 0. The van der Waals surface area contributed by atoms with E-state index in [1.165, 1.54) is 5.56 Å². The van der Waals surface area contributed by atoms with E-state index in [-0.39, 0.29) is 6.04 Å². The highest BCUT2D eigenvalue weighted by molar-refractivity contribution is 5.43. The molecule has 0 aliphatic carbocycles. The van der Waals surface area contributed by atoms with Gasteiger partial charge in [0, 0.05) is 18.8 Å². The van der Waals surface area contributed by atoms with Crippen LogP contribution in [-0.4, -0.2) is 22.8 Å². The summed E-state index contributed by atoms with van der Waals surface area (Å²) in [4.78, 5) is 4.16. The lowest BCUT2D eigenvalue weighted by Gasteiger charge is -2.19. The van der Waals surface area contributed by atoms with E-state index in [9.17, 15) is 0 Å². The number of nitrogens with zero attached hydrogens (tertiary/aromatic N) is 2. The van der Waals surface area contributed by atoms with Crippen molar-refractivity contribution < 1.29 is 9.47 Å². The van der Waals surface area contributed by atoms with Crippen molar-refractivity contribution in [3.05, 3.63) is 42.0 Å². The zero-order chi connectivity index (χ0) is 13.9. The summed E-state index contributed by atoms with van der Waals surface area (Å²) in [6, 6.07) is 6.11. The van der Waals surface area contributed by atoms with Gasteiger partial charge in [0.2, 0.25) is 0 Å². The molecule has 2 aromatic rings. The monoisotopic (exact) mass is 273 g/mol. The van der Waals surface area contributed by atoms with Gasteiger partial charge in [-0.3, -0.25) is 0 Å². The highest BCUT2D eigenvalue weighted by atomic mass is 16.6. The molecular weight excluding hydrogens is 254 g/mol. The van der Waals surface area contributed by atoms with E-state index < -0.39 is 0 Å². The normalized spacial score (nSPS) is 15.1. The molecule has 0 fully saturated rings. The van der Waals surface area contributed by atoms with Crippen LogP contribution in [0.5, 0.6) is 11.5 Å². The number of nitrogens with two attached hydrogens (primary N) is 1. The molecule has 3 rings (SSSR count). The lowest BCUT2D eigenvalue weighted by molar-refractivity contribution is 0.171. The van der Waals surface area contributed by atoms with Gasteiger partial charge in [0.05, 0.1) is 12.0 Å². The Bertz CT molecular complexity index is 593. The van der Waals surface area contributed by atoms with Crippen molar-refractivity contribution in [2.75, 3.05) is 13.2 Å². The van der Waals surface area contributed by atoms with Gasteiger partial charge in [-0.15, -0.1) is 0 Å². The molecule has 5 heteroatoms. The zero-order valence-corrected chi connectivity index (χ0v) is 11.6. The Hall–Kier alpha value is -2.01. The summed E-state index contributed by atoms with van der Waals surface area (Å²) >= 11 is 0. The lowest BCUT2D eigenvalue weighted by atomic mass is 10.1. The summed E-state index contributed by atoms with van der Waals surface area (Å²) < 4.78 is 13.2. The second-order valence-corrected chi connectivity index (χ2v) is 5.03. The molecule has 0 bridgehead atoms. The lowest BCUT2D eigenvalue weighted by Crippen LogP contribution is -2.15. The van der Waals surface area contributed by atoms with Crippen molar-refractivity contribution in [2.24, 2.45) is 5.73 Å². The van der Waals surface area contributed by atoms with E-state index in [1.807, 2.05) is 25.5 Å². The molecule has 0 spiro atoms. The maximum Gasteiger partial charge on any atom is 0.161 e. The Morgan fingerprint density at radius 1 is 1.30 bits per heavy atom. The van der Waals surface area contributed by atoms with E-state index in [2.05, 4.69) is 21.7 Å². The fraction of sp³-hybridized carbons (Fsp3) is 0.400. The standard InChI is InChI=1S/C15H19N3O2/c1-11(16)13-9-17-10-18(13)5-4-12-2-3-14-15(8-12)20-7-6-19-14/h2-3,8-11H,4-7,16H2,1H3. The number of rotatable bonds is 4. The van der Waals surface area contributed by atoms with Crippen LogP contribution in [0.2, 0.25) is 0 Å². The molecule has 0 amide bonds. The van der Waals surface area contributed by atoms with Crippen LogP contribution in [0, 0.1) is 0 Å². The number of ether oxygens (including phenoxy) is 2. The molecule has 106 valence electrons. The molecule has 5 nitrogen and oxygen atoms in total. The minimum absolute atomic E-state index is 0.00207. The third-order valence-electron chi connectivity index (χ3n) is 3.46. The van der Waals surface area contributed by atoms with Gasteiger partial charge in [-0.05, 0) is 31.0 Å². The number of hydrogen-bond acceptors (Lipinski definition) is 4. The molecule has 2 heterocycles. The first-order valence-electron chi connectivity index (χ1n) is 6.88. The number of hydrogen-bond donors (Lipinski definition) is 1. The van der Waals surface area contributed by atoms with Crippen LogP contribution < -0.4 is 15.2 Å². The molecule has 0 radical (unpaired) electrons. The van der Waals surface area contributed by atoms with E-state index >= 15 is 0 Å². The molecule has 1 aliphatic heterocycles. The number of imidazole rings is 1. The molecule has 0 saturated carbocycles. The Kier molecular flexibility index (Phi) is 3.60. The summed E-state index contributed by atoms with van der Waals surface area (Å²) in [5.74, 6) is 1.67. The number of aryl methyl sites for hydroxylation is 2. The Morgan fingerprint density at radius 2 is 2.10 bits per heavy atom. The number of benzene rings is 1. The molecule has 2 N–H and O–H groups in total. The summed E-state index contributed by atoms with van der Waals surface area (Å²) in [6.07, 6.45) is 4.57. The van der Waals surface area contributed by atoms with Gasteiger partial charge >= 0.3 is 0 Å². The number of aromatic nitrogens is 2. The van der Waals surface area contributed by atoms with Crippen molar-refractivity contribution in [1.29, 1.82) is 0 Å². The first-order valence-corrected chi connectivity index (χ1v) is 6.88. The first kappa shape index (κ1) is 13.0. The smallest absolute Gasteiger partial charge is 0.161 e. The van der Waals surface area contributed by atoms with Crippen LogP contribution in [0.3, 0.4) is 0 Å². The van der Waals surface area contributed by atoms with Gasteiger partial charge in [-0.2, -0.15) is 0 Å². The first-order chi connectivity index (χ1) is 9.74. The van der Waals surface area contributed by atoms with Gasteiger partial charge in [0.15, 0.2) is 11.5 Å². The fourth-order valence-electron chi connectivity index (χ4n) is 2.39.